The average Bonchev–Trinajstić information content (AvgIpc) is 3.55. The van der Waals surface area contributed by atoms with Crippen LogP contribution in [0.4, 0.5) is 5.69 Å². The number of sulfonamides is 1. The molecular formula is C36H37BrClN3O4S. The number of carbonyl (C=O) groups is 2. The second-order valence-electron chi connectivity index (χ2n) is 11.7. The van der Waals surface area contributed by atoms with E-state index in [0.717, 1.165) is 46.7 Å². The van der Waals surface area contributed by atoms with Crippen molar-refractivity contribution in [3.63, 3.8) is 0 Å². The van der Waals surface area contributed by atoms with E-state index < -0.39 is 28.5 Å². The lowest BCUT2D eigenvalue weighted by molar-refractivity contribution is -0.140. The number of benzene rings is 4. The standard InChI is InChI=1S/C36H37BrClN3O4S/c1-26-17-19-33(20-18-26)46(44,45)41(32-16-8-12-29(37)23-32)25-35(42)40(24-28-11-7-13-30(38)21-28)34(22-27-9-3-2-4-10-27)36(43)39-31-14-5-6-15-31/h2-4,7-13,16-21,23,31,34H,5-6,14-15,22,24-25H2,1H3,(H,39,43)/t34-/m1/s1. The molecule has 1 N–H and O–H groups in total. The number of halogens is 2. The van der Waals surface area contributed by atoms with E-state index in [1.165, 1.54) is 17.0 Å². The van der Waals surface area contributed by atoms with Crippen molar-refractivity contribution in [3.05, 3.63) is 129 Å². The summed E-state index contributed by atoms with van der Waals surface area (Å²) in [6.45, 7) is 1.42. The van der Waals surface area contributed by atoms with Crippen LogP contribution in [-0.2, 0) is 32.6 Å². The fraction of sp³-hybridized carbons (Fsp3) is 0.278. The zero-order chi connectivity index (χ0) is 32.7. The second-order valence-corrected chi connectivity index (χ2v) is 14.9. The van der Waals surface area contributed by atoms with Gasteiger partial charge >= 0.3 is 0 Å². The van der Waals surface area contributed by atoms with Gasteiger partial charge in [-0.2, -0.15) is 0 Å². The summed E-state index contributed by atoms with van der Waals surface area (Å²) in [6, 6.07) is 29.2. The Hall–Kier alpha value is -3.66. The Morgan fingerprint density at radius 3 is 2.24 bits per heavy atom. The van der Waals surface area contributed by atoms with Gasteiger partial charge in [0.15, 0.2) is 0 Å². The molecule has 46 heavy (non-hydrogen) atoms. The Bertz CT molecular complexity index is 1760. The van der Waals surface area contributed by atoms with Gasteiger partial charge in [-0.25, -0.2) is 8.42 Å². The number of nitrogens with zero attached hydrogens (tertiary/aromatic N) is 2. The van der Waals surface area contributed by atoms with E-state index in [9.17, 15) is 18.0 Å². The number of hydrogen-bond acceptors (Lipinski definition) is 4. The predicted molar refractivity (Wildman–Crippen MR) is 186 cm³/mol. The van der Waals surface area contributed by atoms with Gasteiger partial charge in [-0.15, -0.1) is 0 Å². The number of anilines is 1. The lowest BCUT2D eigenvalue weighted by atomic mass is 10.0. The molecule has 10 heteroatoms. The highest BCUT2D eigenvalue weighted by molar-refractivity contribution is 9.10. The van der Waals surface area contributed by atoms with Crippen LogP contribution in [0, 0.1) is 6.92 Å². The van der Waals surface area contributed by atoms with Gasteiger partial charge in [-0.3, -0.25) is 13.9 Å². The molecular weight excluding hydrogens is 686 g/mol. The smallest absolute Gasteiger partial charge is 0.264 e. The Labute approximate surface area is 284 Å². The Morgan fingerprint density at radius 2 is 1.57 bits per heavy atom. The molecule has 0 saturated heterocycles. The summed E-state index contributed by atoms with van der Waals surface area (Å²) in [7, 11) is -4.18. The van der Waals surface area contributed by atoms with Gasteiger partial charge < -0.3 is 10.2 Å². The minimum atomic E-state index is -4.18. The van der Waals surface area contributed by atoms with Crippen LogP contribution in [0.1, 0.15) is 42.4 Å². The zero-order valence-electron chi connectivity index (χ0n) is 25.6. The van der Waals surface area contributed by atoms with Gasteiger partial charge in [0.1, 0.15) is 12.6 Å². The maximum atomic E-state index is 14.6. The number of aryl methyl sites for hydroxylation is 1. The third kappa shape index (κ3) is 8.57. The highest BCUT2D eigenvalue weighted by Crippen LogP contribution is 2.28. The molecule has 5 rings (SSSR count). The van der Waals surface area contributed by atoms with Crippen molar-refractivity contribution >= 4 is 55.1 Å². The molecule has 0 unspecified atom stereocenters. The molecule has 1 saturated carbocycles. The fourth-order valence-corrected chi connectivity index (χ4v) is 7.76. The molecule has 0 bridgehead atoms. The first-order valence-corrected chi connectivity index (χ1v) is 17.9. The molecule has 4 aromatic carbocycles. The molecule has 7 nitrogen and oxygen atoms in total. The van der Waals surface area contributed by atoms with E-state index in [0.29, 0.717) is 15.2 Å². The second kappa shape index (κ2) is 15.3. The van der Waals surface area contributed by atoms with Crippen LogP contribution in [0.3, 0.4) is 0 Å². The maximum Gasteiger partial charge on any atom is 0.264 e. The zero-order valence-corrected chi connectivity index (χ0v) is 28.8. The van der Waals surface area contributed by atoms with Gasteiger partial charge in [-0.1, -0.05) is 107 Å². The van der Waals surface area contributed by atoms with Crippen LogP contribution in [-0.4, -0.2) is 43.8 Å². The molecule has 4 aromatic rings. The summed E-state index contributed by atoms with van der Waals surface area (Å²) >= 11 is 9.78. The predicted octanol–water partition coefficient (Wildman–Crippen LogP) is 7.31. The molecule has 0 radical (unpaired) electrons. The average molecular weight is 723 g/mol. The summed E-state index contributed by atoms with van der Waals surface area (Å²) in [4.78, 5) is 30.3. The summed E-state index contributed by atoms with van der Waals surface area (Å²) in [5.74, 6) is -0.778. The van der Waals surface area contributed by atoms with E-state index in [2.05, 4.69) is 21.2 Å². The van der Waals surface area contributed by atoms with Gasteiger partial charge in [0.2, 0.25) is 11.8 Å². The van der Waals surface area contributed by atoms with Crippen molar-refractivity contribution in [2.75, 3.05) is 10.8 Å². The van der Waals surface area contributed by atoms with E-state index in [4.69, 9.17) is 11.6 Å². The third-order valence-electron chi connectivity index (χ3n) is 8.20. The Balaban J connectivity index is 1.57. The number of hydrogen-bond donors (Lipinski definition) is 1. The van der Waals surface area contributed by atoms with Gasteiger partial charge in [-0.05, 0) is 73.4 Å². The molecule has 0 heterocycles. The largest absolute Gasteiger partial charge is 0.352 e. The molecule has 0 spiro atoms. The van der Waals surface area contributed by atoms with Gasteiger partial charge in [0.05, 0.1) is 10.6 Å². The molecule has 0 aromatic heterocycles. The van der Waals surface area contributed by atoms with Crippen LogP contribution in [0.15, 0.2) is 112 Å². The molecule has 1 atom stereocenters. The fourth-order valence-electron chi connectivity index (χ4n) is 5.75. The first kappa shape index (κ1) is 33.7. The van der Waals surface area contributed by atoms with E-state index >= 15 is 0 Å². The summed E-state index contributed by atoms with van der Waals surface area (Å²) in [5, 5.41) is 3.69. The topological polar surface area (TPSA) is 86.8 Å². The molecule has 1 aliphatic rings. The van der Waals surface area contributed by atoms with E-state index in [-0.39, 0.29) is 29.8 Å². The van der Waals surface area contributed by atoms with Crippen LogP contribution in [0.25, 0.3) is 0 Å². The third-order valence-corrected chi connectivity index (χ3v) is 10.7. The normalized spacial score (nSPS) is 14.1. The first-order chi connectivity index (χ1) is 22.1. The number of rotatable bonds is 12. The number of carbonyl (C=O) groups excluding carboxylic acids is 2. The molecule has 2 amide bonds. The van der Waals surface area contributed by atoms with Crippen molar-refractivity contribution in [3.8, 4) is 0 Å². The summed E-state index contributed by atoms with van der Waals surface area (Å²) in [6.07, 6.45) is 4.11. The lowest BCUT2D eigenvalue weighted by Gasteiger charge is -2.34. The number of amides is 2. The quantitative estimate of drug-likeness (QED) is 0.166. The van der Waals surface area contributed by atoms with Crippen molar-refractivity contribution < 1.29 is 18.0 Å². The number of nitrogens with one attached hydrogen (secondary N) is 1. The molecule has 1 aliphatic carbocycles. The van der Waals surface area contributed by atoms with Crippen LogP contribution in [0.2, 0.25) is 5.02 Å². The maximum absolute atomic E-state index is 14.6. The first-order valence-electron chi connectivity index (χ1n) is 15.3. The highest BCUT2D eigenvalue weighted by atomic mass is 79.9. The highest BCUT2D eigenvalue weighted by Gasteiger charge is 2.35. The van der Waals surface area contributed by atoms with Gasteiger partial charge in [0, 0.05) is 28.5 Å². The monoisotopic (exact) mass is 721 g/mol. The van der Waals surface area contributed by atoms with Crippen molar-refractivity contribution in [1.29, 1.82) is 0 Å². The van der Waals surface area contributed by atoms with E-state index in [1.54, 1.807) is 54.6 Å². The van der Waals surface area contributed by atoms with Crippen molar-refractivity contribution in [1.82, 2.24) is 10.2 Å². The van der Waals surface area contributed by atoms with Crippen LogP contribution in [0.5, 0.6) is 0 Å². The van der Waals surface area contributed by atoms with Gasteiger partial charge in [0.25, 0.3) is 10.0 Å². The summed E-state index contributed by atoms with van der Waals surface area (Å²) in [5.41, 5.74) is 2.84. The Kier molecular flexibility index (Phi) is 11.2. The SMILES string of the molecule is Cc1ccc(S(=O)(=O)N(CC(=O)N(Cc2cccc(Cl)c2)[C@H](Cc2ccccc2)C(=O)NC2CCCC2)c2cccc(Br)c2)cc1. The van der Waals surface area contributed by atoms with Crippen LogP contribution < -0.4 is 9.62 Å². The van der Waals surface area contributed by atoms with Crippen molar-refractivity contribution in [2.45, 2.75) is 62.6 Å². The molecule has 240 valence electrons. The van der Waals surface area contributed by atoms with Crippen LogP contribution >= 0.6 is 27.5 Å². The minimum absolute atomic E-state index is 0.0361. The molecule has 0 aliphatic heterocycles. The summed E-state index contributed by atoms with van der Waals surface area (Å²) < 4.78 is 30.1. The molecule has 1 fully saturated rings. The Morgan fingerprint density at radius 1 is 0.891 bits per heavy atom. The van der Waals surface area contributed by atoms with E-state index in [1.807, 2.05) is 43.3 Å². The van der Waals surface area contributed by atoms with Crippen molar-refractivity contribution in [2.24, 2.45) is 0 Å². The lowest BCUT2D eigenvalue weighted by Crippen LogP contribution is -2.54. The minimum Gasteiger partial charge on any atom is -0.352 e.